The van der Waals surface area contributed by atoms with Crippen LogP contribution in [0.3, 0.4) is 0 Å². The fraction of sp³-hybridized carbons (Fsp3) is 0.533. The van der Waals surface area contributed by atoms with E-state index in [-0.39, 0.29) is 26.1 Å². The molecule has 1 aromatic carbocycles. The Morgan fingerprint density at radius 1 is 1.45 bits per heavy atom. The number of hydrogen-bond donors (Lipinski definition) is 1. The maximum Gasteiger partial charge on any atom is 0.410 e. The lowest BCUT2D eigenvalue weighted by atomic mass is 9.87. The number of carbonyl (C=O) groups excluding carboxylic acids is 1. The summed E-state index contributed by atoms with van der Waals surface area (Å²) < 4.78 is 19.7. The summed E-state index contributed by atoms with van der Waals surface area (Å²) in [4.78, 5) is 13.2. The number of ether oxygens (including phenoxy) is 1. The number of hydrogen-bond acceptors (Lipinski definition) is 3. The molecule has 1 amide bonds. The van der Waals surface area contributed by atoms with Crippen LogP contribution < -0.4 is 0 Å². The summed E-state index contributed by atoms with van der Waals surface area (Å²) >= 11 is 0. The minimum Gasteiger partial charge on any atom is -0.445 e. The number of nitrogens with zero attached hydrogens (tertiary/aromatic N) is 1. The molecule has 20 heavy (non-hydrogen) atoms. The second-order valence-corrected chi connectivity index (χ2v) is 5.74. The average Bonchev–Trinajstić information content (AvgIpc) is 2.81. The Bertz CT molecular complexity index is 472. The number of amides is 1. The number of halogens is 1. The van der Waals surface area contributed by atoms with Crippen LogP contribution in [0.25, 0.3) is 0 Å². The van der Waals surface area contributed by atoms with E-state index in [1.54, 1.807) is 0 Å². The van der Waals surface area contributed by atoms with E-state index in [9.17, 15) is 14.3 Å². The van der Waals surface area contributed by atoms with Gasteiger partial charge in [0.25, 0.3) is 0 Å². The number of aliphatic hydroxyl groups is 1. The van der Waals surface area contributed by atoms with Crippen molar-refractivity contribution in [2.75, 3.05) is 13.1 Å². The van der Waals surface area contributed by atoms with Gasteiger partial charge in [0.1, 0.15) is 6.61 Å². The van der Waals surface area contributed by atoms with Gasteiger partial charge in [-0.25, -0.2) is 9.18 Å². The summed E-state index contributed by atoms with van der Waals surface area (Å²) in [7, 11) is 0. The Morgan fingerprint density at radius 3 is 2.65 bits per heavy atom. The van der Waals surface area contributed by atoms with E-state index in [2.05, 4.69) is 0 Å². The molecule has 110 valence electrons. The third kappa shape index (κ3) is 3.10. The molecule has 5 heteroatoms. The summed E-state index contributed by atoms with van der Waals surface area (Å²) in [5.41, 5.74) is -2.37. The van der Waals surface area contributed by atoms with E-state index in [0.29, 0.717) is 0 Å². The average molecular weight is 281 g/mol. The maximum atomic E-state index is 14.5. The molecule has 1 heterocycles. The fourth-order valence-corrected chi connectivity index (χ4v) is 2.24. The maximum absolute atomic E-state index is 14.5. The molecule has 1 aliphatic rings. The molecule has 0 aliphatic carbocycles. The Morgan fingerprint density at radius 2 is 2.10 bits per heavy atom. The largest absolute Gasteiger partial charge is 0.445 e. The first-order valence-corrected chi connectivity index (χ1v) is 6.69. The molecule has 2 rings (SSSR count). The first-order valence-electron chi connectivity index (χ1n) is 6.69. The van der Waals surface area contributed by atoms with Crippen LogP contribution in [0.1, 0.15) is 25.8 Å². The first-order chi connectivity index (χ1) is 9.32. The zero-order valence-electron chi connectivity index (χ0n) is 11.8. The molecule has 0 radical (unpaired) electrons. The summed E-state index contributed by atoms with van der Waals surface area (Å²) in [6, 6.07) is 9.31. The van der Waals surface area contributed by atoms with Crippen molar-refractivity contribution in [2.45, 2.75) is 38.1 Å². The molecule has 1 aliphatic heterocycles. The zero-order chi connectivity index (χ0) is 14.8. The molecule has 1 fully saturated rings. The minimum atomic E-state index is -1.78. The molecule has 0 aromatic heterocycles. The number of rotatable bonds is 3. The normalized spacial score (nSPS) is 22.9. The van der Waals surface area contributed by atoms with Crippen molar-refractivity contribution in [3.63, 3.8) is 0 Å². The van der Waals surface area contributed by atoms with Crippen molar-refractivity contribution in [3.05, 3.63) is 35.9 Å². The van der Waals surface area contributed by atoms with Gasteiger partial charge < -0.3 is 14.7 Å². The van der Waals surface area contributed by atoms with Gasteiger partial charge in [-0.15, -0.1) is 0 Å². The van der Waals surface area contributed by atoms with Gasteiger partial charge in [-0.3, -0.25) is 0 Å². The SMILES string of the molecule is CC(C)(O)C1(F)CCN(C(=O)OCc2ccccc2)C1. The van der Waals surface area contributed by atoms with Crippen molar-refractivity contribution < 1.29 is 19.0 Å². The van der Waals surface area contributed by atoms with Crippen LogP contribution in [-0.2, 0) is 11.3 Å². The lowest BCUT2D eigenvalue weighted by molar-refractivity contribution is -0.0704. The third-order valence-corrected chi connectivity index (χ3v) is 3.78. The van der Waals surface area contributed by atoms with E-state index in [1.165, 1.54) is 18.7 Å². The number of likely N-dealkylation sites (tertiary alicyclic amines) is 1. The van der Waals surface area contributed by atoms with E-state index >= 15 is 0 Å². The topological polar surface area (TPSA) is 49.8 Å². The smallest absolute Gasteiger partial charge is 0.410 e. The monoisotopic (exact) mass is 281 g/mol. The highest BCUT2D eigenvalue weighted by molar-refractivity contribution is 5.68. The Labute approximate surface area is 118 Å². The Hall–Kier alpha value is -1.62. The molecule has 0 spiro atoms. The van der Waals surface area contributed by atoms with Gasteiger partial charge in [-0.2, -0.15) is 0 Å². The highest BCUT2D eigenvalue weighted by atomic mass is 19.1. The Balaban J connectivity index is 1.89. The van der Waals surface area contributed by atoms with Gasteiger partial charge in [0.15, 0.2) is 5.67 Å². The standard InChI is InChI=1S/C15H20FNO3/c1-14(2,19)15(16)8-9-17(11-15)13(18)20-10-12-6-4-3-5-7-12/h3-7,19H,8-11H2,1-2H3. The predicted molar refractivity (Wildman–Crippen MR) is 73.0 cm³/mol. The molecular weight excluding hydrogens is 261 g/mol. The molecule has 4 nitrogen and oxygen atoms in total. The van der Waals surface area contributed by atoms with Crippen LogP contribution in [0.5, 0.6) is 0 Å². The first kappa shape index (κ1) is 14.8. The summed E-state index contributed by atoms with van der Waals surface area (Å²) in [5, 5.41) is 9.83. The van der Waals surface area contributed by atoms with Crippen LogP contribution in [0.15, 0.2) is 30.3 Å². The lowest BCUT2D eigenvalue weighted by Crippen LogP contribution is -2.48. The van der Waals surface area contributed by atoms with Crippen LogP contribution in [0.2, 0.25) is 0 Å². The van der Waals surface area contributed by atoms with E-state index in [1.807, 2.05) is 30.3 Å². The molecule has 1 saturated heterocycles. The summed E-state index contributed by atoms with van der Waals surface area (Å²) in [6.45, 7) is 3.13. The lowest BCUT2D eigenvalue weighted by Gasteiger charge is -2.32. The van der Waals surface area contributed by atoms with Gasteiger partial charge in [0.2, 0.25) is 0 Å². The van der Waals surface area contributed by atoms with Gasteiger partial charge in [-0.1, -0.05) is 30.3 Å². The fourth-order valence-electron chi connectivity index (χ4n) is 2.24. The van der Waals surface area contributed by atoms with Crippen LogP contribution >= 0.6 is 0 Å². The van der Waals surface area contributed by atoms with Gasteiger partial charge >= 0.3 is 6.09 Å². The van der Waals surface area contributed by atoms with Gasteiger partial charge in [0.05, 0.1) is 12.1 Å². The molecule has 1 aromatic rings. The highest BCUT2D eigenvalue weighted by Crippen LogP contribution is 2.35. The van der Waals surface area contributed by atoms with E-state index < -0.39 is 17.4 Å². The van der Waals surface area contributed by atoms with Crippen LogP contribution in [0, 0.1) is 0 Å². The summed E-state index contributed by atoms with van der Waals surface area (Å²) in [6.07, 6.45) is -0.422. The third-order valence-electron chi connectivity index (χ3n) is 3.78. The summed E-state index contributed by atoms with van der Waals surface area (Å²) in [5.74, 6) is 0. The molecular formula is C15H20FNO3. The van der Waals surface area contributed by atoms with Crippen LogP contribution in [-0.4, -0.2) is 40.5 Å². The van der Waals surface area contributed by atoms with Crippen molar-refractivity contribution >= 4 is 6.09 Å². The van der Waals surface area contributed by atoms with Crippen molar-refractivity contribution in [3.8, 4) is 0 Å². The van der Waals surface area contributed by atoms with E-state index in [0.717, 1.165) is 5.56 Å². The minimum absolute atomic E-state index is 0.122. The zero-order valence-corrected chi connectivity index (χ0v) is 11.8. The van der Waals surface area contributed by atoms with Gasteiger partial charge in [-0.05, 0) is 19.4 Å². The van der Waals surface area contributed by atoms with Crippen molar-refractivity contribution in [1.29, 1.82) is 0 Å². The second-order valence-electron chi connectivity index (χ2n) is 5.74. The van der Waals surface area contributed by atoms with Crippen molar-refractivity contribution in [1.82, 2.24) is 4.90 Å². The molecule has 1 atom stereocenters. The van der Waals surface area contributed by atoms with Gasteiger partial charge in [0, 0.05) is 13.0 Å². The molecule has 1 unspecified atom stereocenters. The molecule has 1 N–H and O–H groups in total. The van der Waals surface area contributed by atoms with Crippen LogP contribution in [0.4, 0.5) is 9.18 Å². The second kappa shape index (κ2) is 5.40. The Kier molecular flexibility index (Phi) is 3.99. The molecule has 0 bridgehead atoms. The highest BCUT2D eigenvalue weighted by Gasteiger charge is 2.50. The van der Waals surface area contributed by atoms with E-state index in [4.69, 9.17) is 4.74 Å². The number of benzene rings is 1. The number of carbonyl (C=O) groups is 1. The molecule has 0 saturated carbocycles. The quantitative estimate of drug-likeness (QED) is 0.926. The predicted octanol–water partition coefficient (Wildman–Crippen LogP) is 2.51. The van der Waals surface area contributed by atoms with Crippen molar-refractivity contribution in [2.24, 2.45) is 0 Å². The number of alkyl halides is 1.